The molecule has 0 bridgehead atoms. The summed E-state index contributed by atoms with van der Waals surface area (Å²) in [6, 6.07) is 9.66. The number of imide groups is 1. The van der Waals surface area contributed by atoms with Gasteiger partial charge in [0.2, 0.25) is 5.91 Å². The molecule has 3 amide bonds. The zero-order valence-corrected chi connectivity index (χ0v) is 26.1. The van der Waals surface area contributed by atoms with Gasteiger partial charge in [0, 0.05) is 51.4 Å². The number of piperazine rings is 1. The van der Waals surface area contributed by atoms with E-state index in [4.69, 9.17) is 5.73 Å². The van der Waals surface area contributed by atoms with E-state index in [1.54, 1.807) is 30.3 Å². The number of amides is 3. The van der Waals surface area contributed by atoms with Crippen molar-refractivity contribution in [2.75, 3.05) is 43.9 Å². The highest BCUT2D eigenvalue weighted by Crippen LogP contribution is 2.28. The van der Waals surface area contributed by atoms with E-state index in [1.807, 2.05) is 6.92 Å². The van der Waals surface area contributed by atoms with E-state index < -0.39 is 23.8 Å². The van der Waals surface area contributed by atoms with Crippen molar-refractivity contribution < 1.29 is 23.6 Å². The quantitative estimate of drug-likeness (QED) is 0.224. The molecule has 2 aromatic rings. The maximum absolute atomic E-state index is 14.0. The van der Waals surface area contributed by atoms with Gasteiger partial charge < -0.3 is 20.7 Å². The predicted octanol–water partition coefficient (Wildman–Crippen LogP) is 4.43. The number of nitrogens with one attached hydrogen (secondary N) is 1. The Kier molecular flexibility index (Phi) is 12.2. The number of nitrogens with two attached hydrogens (primary N) is 1. The first-order chi connectivity index (χ1) is 20.6. The van der Waals surface area contributed by atoms with Crippen LogP contribution in [-0.2, 0) is 9.59 Å². The Bertz CT molecular complexity index is 1290. The SMILES string of the molecule is CCC(C)CC(CC)N1CCN(c2ccc(N)cc2F)CC1.CNC(=O)C(CCC=O)N1C(=O)c2ccc(C)cc2C1=O. The number of rotatable bonds is 11. The number of halogens is 1. The van der Waals surface area contributed by atoms with Crippen LogP contribution < -0.4 is 16.0 Å². The van der Waals surface area contributed by atoms with Crippen LogP contribution >= 0.6 is 0 Å². The van der Waals surface area contributed by atoms with Gasteiger partial charge in [0.1, 0.15) is 18.1 Å². The number of anilines is 2. The summed E-state index contributed by atoms with van der Waals surface area (Å²) in [5.74, 6) is -0.867. The molecule has 2 aromatic carbocycles. The second kappa shape index (κ2) is 15.6. The molecule has 1 saturated heterocycles. The maximum Gasteiger partial charge on any atom is 0.262 e. The fourth-order valence-electron chi connectivity index (χ4n) is 5.74. The van der Waals surface area contributed by atoms with Crippen molar-refractivity contribution in [2.24, 2.45) is 5.92 Å². The molecule has 2 heterocycles. The van der Waals surface area contributed by atoms with Crippen molar-refractivity contribution in [3.63, 3.8) is 0 Å². The Balaban J connectivity index is 0.000000236. The second-order valence-electron chi connectivity index (χ2n) is 11.4. The number of carbonyl (C=O) groups is 4. The van der Waals surface area contributed by atoms with Gasteiger partial charge in [-0.05, 0) is 62.4 Å². The van der Waals surface area contributed by atoms with Crippen LogP contribution in [0.2, 0.25) is 0 Å². The lowest BCUT2D eigenvalue weighted by Gasteiger charge is -2.40. The van der Waals surface area contributed by atoms with Gasteiger partial charge in [-0.1, -0.05) is 38.8 Å². The normalized spacial score (nSPS) is 17.1. The van der Waals surface area contributed by atoms with Gasteiger partial charge in [-0.2, -0.15) is 0 Å². The number of benzene rings is 2. The highest BCUT2D eigenvalue weighted by molar-refractivity contribution is 6.23. The highest BCUT2D eigenvalue weighted by Gasteiger charge is 2.42. The summed E-state index contributed by atoms with van der Waals surface area (Å²) < 4.78 is 14.0. The molecule has 43 heavy (non-hydrogen) atoms. The Hall–Kier alpha value is -3.79. The third-order valence-electron chi connectivity index (χ3n) is 8.48. The Morgan fingerprint density at radius 2 is 1.70 bits per heavy atom. The summed E-state index contributed by atoms with van der Waals surface area (Å²) in [7, 11) is 1.43. The predicted molar refractivity (Wildman–Crippen MR) is 168 cm³/mol. The molecular weight excluding hydrogens is 549 g/mol. The van der Waals surface area contributed by atoms with Gasteiger partial charge in [-0.15, -0.1) is 0 Å². The zero-order valence-electron chi connectivity index (χ0n) is 26.1. The van der Waals surface area contributed by atoms with Gasteiger partial charge in [0.05, 0.1) is 16.8 Å². The molecular formula is C33H46FN5O4. The fraction of sp³-hybridized carbons (Fsp3) is 0.515. The number of aryl methyl sites for hydroxylation is 1. The van der Waals surface area contributed by atoms with E-state index in [-0.39, 0.29) is 18.7 Å². The average Bonchev–Trinajstić information content (AvgIpc) is 3.24. The molecule has 0 spiro atoms. The number of fused-ring (bicyclic) bond motifs is 1. The first kappa shape index (κ1) is 33.7. The molecule has 0 radical (unpaired) electrons. The summed E-state index contributed by atoms with van der Waals surface area (Å²) in [6.45, 7) is 12.5. The second-order valence-corrected chi connectivity index (χ2v) is 11.4. The van der Waals surface area contributed by atoms with Crippen molar-refractivity contribution in [1.29, 1.82) is 0 Å². The van der Waals surface area contributed by atoms with E-state index in [9.17, 15) is 23.6 Å². The molecule has 2 aliphatic rings. The molecule has 0 aliphatic carbocycles. The summed E-state index contributed by atoms with van der Waals surface area (Å²) in [5.41, 5.74) is 8.26. The van der Waals surface area contributed by atoms with E-state index in [0.29, 0.717) is 34.8 Å². The third kappa shape index (κ3) is 8.19. The molecule has 234 valence electrons. The topological polar surface area (TPSA) is 116 Å². The van der Waals surface area contributed by atoms with Crippen LogP contribution in [0.15, 0.2) is 36.4 Å². The highest BCUT2D eigenvalue weighted by atomic mass is 19.1. The van der Waals surface area contributed by atoms with Gasteiger partial charge in [0.25, 0.3) is 11.8 Å². The molecule has 0 saturated carbocycles. The van der Waals surface area contributed by atoms with Crippen LogP contribution in [0.3, 0.4) is 0 Å². The Labute approximate surface area is 254 Å². The summed E-state index contributed by atoms with van der Waals surface area (Å²) in [4.78, 5) is 53.0. The van der Waals surface area contributed by atoms with Crippen LogP contribution in [0, 0.1) is 18.7 Å². The lowest BCUT2D eigenvalue weighted by Crippen LogP contribution is -2.50. The summed E-state index contributed by atoms with van der Waals surface area (Å²) in [5, 5.41) is 2.43. The van der Waals surface area contributed by atoms with Crippen LogP contribution in [0.4, 0.5) is 15.8 Å². The van der Waals surface area contributed by atoms with E-state index in [1.165, 1.54) is 32.4 Å². The van der Waals surface area contributed by atoms with Crippen LogP contribution in [0.25, 0.3) is 0 Å². The van der Waals surface area contributed by atoms with E-state index in [2.05, 4.69) is 35.9 Å². The van der Waals surface area contributed by atoms with Gasteiger partial charge in [-0.25, -0.2) is 4.39 Å². The number of aldehydes is 1. The van der Waals surface area contributed by atoms with Crippen LogP contribution in [0.1, 0.15) is 79.2 Å². The monoisotopic (exact) mass is 595 g/mol. The number of hydrogen-bond acceptors (Lipinski definition) is 7. The third-order valence-corrected chi connectivity index (χ3v) is 8.48. The lowest BCUT2D eigenvalue weighted by atomic mass is 9.96. The maximum atomic E-state index is 14.0. The number of nitrogen functional groups attached to an aromatic ring is 1. The standard InChI is InChI=1S/C18H30FN3.C15H16N2O4/c1-4-14(3)12-16(5-2)21-8-10-22(11-9-21)18-7-6-15(20)13-17(18)19;1-9-5-6-10-11(8-9)15(21)17(14(10)20)12(4-3-7-18)13(19)16-2/h6-7,13-14,16H,4-5,8-12,20H2,1-3H3;5-8,12H,3-4H2,1-2H3,(H,16,19). The first-order valence-electron chi connectivity index (χ1n) is 15.2. The number of likely N-dealkylation sites (N-methyl/N-ethyl adjacent to an activating group) is 1. The smallest absolute Gasteiger partial charge is 0.262 e. The van der Waals surface area contributed by atoms with Crippen molar-refractivity contribution >= 4 is 35.4 Å². The summed E-state index contributed by atoms with van der Waals surface area (Å²) in [6.07, 6.45) is 4.59. The average molecular weight is 596 g/mol. The Morgan fingerprint density at radius 1 is 1.02 bits per heavy atom. The number of carbonyl (C=O) groups excluding carboxylic acids is 4. The molecule has 0 aromatic heterocycles. The van der Waals surface area contributed by atoms with Gasteiger partial charge in [-0.3, -0.25) is 24.2 Å². The van der Waals surface area contributed by atoms with Crippen molar-refractivity contribution in [1.82, 2.24) is 15.1 Å². The fourth-order valence-corrected chi connectivity index (χ4v) is 5.74. The largest absolute Gasteiger partial charge is 0.399 e. The minimum absolute atomic E-state index is 0.102. The van der Waals surface area contributed by atoms with E-state index in [0.717, 1.165) is 42.6 Å². The zero-order chi connectivity index (χ0) is 31.7. The van der Waals surface area contributed by atoms with Gasteiger partial charge >= 0.3 is 0 Å². The lowest BCUT2D eigenvalue weighted by molar-refractivity contribution is -0.124. The first-order valence-corrected chi connectivity index (χ1v) is 15.2. The summed E-state index contributed by atoms with van der Waals surface area (Å²) >= 11 is 0. The van der Waals surface area contributed by atoms with Crippen molar-refractivity contribution in [2.45, 2.75) is 71.9 Å². The molecule has 10 heteroatoms. The molecule has 9 nitrogen and oxygen atoms in total. The number of hydrogen-bond donors (Lipinski definition) is 2. The van der Waals surface area contributed by atoms with Gasteiger partial charge in [0.15, 0.2) is 0 Å². The molecule has 3 N–H and O–H groups in total. The Morgan fingerprint density at radius 3 is 2.28 bits per heavy atom. The minimum Gasteiger partial charge on any atom is -0.399 e. The van der Waals surface area contributed by atoms with Crippen LogP contribution in [0.5, 0.6) is 0 Å². The molecule has 4 rings (SSSR count). The molecule has 3 atom stereocenters. The van der Waals surface area contributed by atoms with Crippen molar-refractivity contribution in [3.8, 4) is 0 Å². The molecule has 2 aliphatic heterocycles. The number of nitrogens with zero attached hydrogens (tertiary/aromatic N) is 3. The van der Waals surface area contributed by atoms with E-state index >= 15 is 0 Å². The van der Waals surface area contributed by atoms with Crippen LogP contribution in [-0.4, -0.2) is 79.1 Å². The minimum atomic E-state index is -0.965. The molecule has 1 fully saturated rings. The van der Waals surface area contributed by atoms with Crippen molar-refractivity contribution in [3.05, 3.63) is 58.9 Å². The molecule has 3 unspecified atom stereocenters.